The summed E-state index contributed by atoms with van der Waals surface area (Å²) < 4.78 is 6.61. The van der Waals surface area contributed by atoms with Gasteiger partial charge in [-0.2, -0.15) is 0 Å². The molecule has 0 bridgehead atoms. The summed E-state index contributed by atoms with van der Waals surface area (Å²) in [5.74, 6) is 0. The minimum absolute atomic E-state index is 0.0509. The number of alkyl carbamates (subject to hydrolysis) is 1. The van der Waals surface area contributed by atoms with Crippen molar-refractivity contribution >= 4 is 6.09 Å². The second kappa shape index (κ2) is 2.51. The lowest BCUT2D eigenvalue weighted by Gasteiger charge is -2.06. The van der Waals surface area contributed by atoms with Gasteiger partial charge >= 0.3 is 6.09 Å². The van der Waals surface area contributed by atoms with E-state index in [9.17, 15) is 4.79 Å². The van der Waals surface area contributed by atoms with E-state index in [-0.39, 0.29) is 12.1 Å². The van der Waals surface area contributed by atoms with Crippen molar-refractivity contribution < 1.29 is 9.53 Å². The third kappa shape index (κ3) is 1.03. The number of aromatic nitrogens is 2. The standard InChI is InChI=1S/C7H9N3O2/c1-10-4-8-2-6(10)5-3-12-7(11)9-5/h2,4-5H,3H2,1H3,(H,9,11). The highest BCUT2D eigenvalue weighted by Crippen LogP contribution is 2.16. The average molecular weight is 167 g/mol. The summed E-state index contributed by atoms with van der Waals surface area (Å²) in [5.41, 5.74) is 0.959. The SMILES string of the molecule is Cn1cncc1C1COC(=O)N1. The van der Waals surface area contributed by atoms with Crippen molar-refractivity contribution in [2.24, 2.45) is 7.05 Å². The van der Waals surface area contributed by atoms with E-state index in [1.807, 2.05) is 11.6 Å². The lowest BCUT2D eigenvalue weighted by Crippen LogP contribution is -2.20. The van der Waals surface area contributed by atoms with Gasteiger partial charge in [-0.05, 0) is 0 Å². The van der Waals surface area contributed by atoms with E-state index in [1.165, 1.54) is 0 Å². The molecule has 1 atom stereocenters. The maximum absolute atomic E-state index is 10.7. The second-order valence-corrected chi connectivity index (χ2v) is 2.72. The van der Waals surface area contributed by atoms with Crippen LogP contribution in [-0.4, -0.2) is 22.3 Å². The summed E-state index contributed by atoms with van der Waals surface area (Å²) >= 11 is 0. The van der Waals surface area contributed by atoms with Gasteiger partial charge in [0.05, 0.1) is 18.2 Å². The van der Waals surface area contributed by atoms with Crippen LogP contribution in [0, 0.1) is 0 Å². The second-order valence-electron chi connectivity index (χ2n) is 2.72. The Balaban J connectivity index is 2.21. The third-order valence-electron chi connectivity index (χ3n) is 1.88. The summed E-state index contributed by atoms with van der Waals surface area (Å²) in [6.45, 7) is 0.387. The molecule has 12 heavy (non-hydrogen) atoms. The number of aryl methyl sites for hydroxylation is 1. The zero-order valence-corrected chi connectivity index (χ0v) is 6.65. The van der Waals surface area contributed by atoms with Gasteiger partial charge in [-0.3, -0.25) is 0 Å². The summed E-state index contributed by atoms with van der Waals surface area (Å²) in [7, 11) is 1.88. The molecule has 0 radical (unpaired) electrons. The summed E-state index contributed by atoms with van der Waals surface area (Å²) in [4.78, 5) is 14.6. The summed E-state index contributed by atoms with van der Waals surface area (Å²) in [5, 5.41) is 2.68. The molecule has 0 aromatic carbocycles. The number of carbonyl (C=O) groups is 1. The molecule has 2 heterocycles. The first kappa shape index (κ1) is 7.15. The number of ether oxygens (including phenoxy) is 1. The van der Waals surface area contributed by atoms with Crippen molar-refractivity contribution in [1.82, 2.24) is 14.9 Å². The van der Waals surface area contributed by atoms with Crippen LogP contribution >= 0.6 is 0 Å². The molecule has 5 heteroatoms. The molecule has 1 aromatic heterocycles. The zero-order chi connectivity index (χ0) is 8.55. The van der Waals surface area contributed by atoms with E-state index >= 15 is 0 Å². The fourth-order valence-electron chi connectivity index (χ4n) is 1.25. The molecular formula is C7H9N3O2. The molecule has 1 amide bonds. The van der Waals surface area contributed by atoms with Crippen LogP contribution in [0.25, 0.3) is 0 Å². The highest BCUT2D eigenvalue weighted by atomic mass is 16.6. The summed E-state index contributed by atoms with van der Waals surface area (Å²) in [6, 6.07) is -0.0509. The van der Waals surface area contributed by atoms with Gasteiger partial charge in [0.15, 0.2) is 0 Å². The monoisotopic (exact) mass is 167 g/mol. The van der Waals surface area contributed by atoms with Crippen LogP contribution in [0.4, 0.5) is 4.79 Å². The molecule has 0 aliphatic carbocycles. The number of imidazole rings is 1. The van der Waals surface area contributed by atoms with Gasteiger partial charge in [-0.15, -0.1) is 0 Å². The molecular weight excluding hydrogens is 158 g/mol. The molecule has 0 saturated carbocycles. The van der Waals surface area contributed by atoms with Gasteiger partial charge < -0.3 is 14.6 Å². The van der Waals surface area contributed by atoms with E-state index in [4.69, 9.17) is 4.74 Å². The maximum Gasteiger partial charge on any atom is 0.407 e. The number of hydrogen-bond acceptors (Lipinski definition) is 3. The minimum Gasteiger partial charge on any atom is -0.447 e. The molecule has 2 rings (SSSR count). The minimum atomic E-state index is -0.360. The molecule has 64 valence electrons. The lowest BCUT2D eigenvalue weighted by molar-refractivity contribution is 0.176. The molecule has 1 saturated heterocycles. The number of rotatable bonds is 1. The smallest absolute Gasteiger partial charge is 0.407 e. The maximum atomic E-state index is 10.7. The van der Waals surface area contributed by atoms with Crippen LogP contribution in [0.3, 0.4) is 0 Å². The predicted octanol–water partition coefficient (Wildman–Crippen LogP) is 0.201. The topological polar surface area (TPSA) is 56.2 Å². The van der Waals surface area contributed by atoms with Gasteiger partial charge in [-0.25, -0.2) is 9.78 Å². The van der Waals surface area contributed by atoms with Crippen LogP contribution in [0.2, 0.25) is 0 Å². The zero-order valence-electron chi connectivity index (χ0n) is 6.65. The lowest BCUT2D eigenvalue weighted by atomic mass is 10.2. The van der Waals surface area contributed by atoms with E-state index in [2.05, 4.69) is 10.3 Å². The molecule has 1 N–H and O–H groups in total. The first-order chi connectivity index (χ1) is 5.77. The van der Waals surface area contributed by atoms with Gasteiger partial charge in [0.2, 0.25) is 0 Å². The van der Waals surface area contributed by atoms with E-state index < -0.39 is 0 Å². The normalized spacial score (nSPS) is 22.1. The number of cyclic esters (lactones) is 1. The van der Waals surface area contributed by atoms with Gasteiger partial charge in [0, 0.05) is 7.05 Å². The Kier molecular flexibility index (Phi) is 1.49. The first-order valence-electron chi connectivity index (χ1n) is 3.67. The molecule has 1 aliphatic heterocycles. The van der Waals surface area contributed by atoms with Crippen molar-refractivity contribution in [1.29, 1.82) is 0 Å². The number of nitrogens with zero attached hydrogens (tertiary/aromatic N) is 2. The van der Waals surface area contributed by atoms with E-state index in [1.54, 1.807) is 12.5 Å². The van der Waals surface area contributed by atoms with Gasteiger partial charge in [-0.1, -0.05) is 0 Å². The van der Waals surface area contributed by atoms with Crippen LogP contribution in [0.15, 0.2) is 12.5 Å². The average Bonchev–Trinajstić information content (AvgIpc) is 2.58. The molecule has 1 aliphatic rings. The number of amides is 1. The number of hydrogen-bond donors (Lipinski definition) is 1. The molecule has 0 spiro atoms. The molecule has 1 aromatic rings. The van der Waals surface area contributed by atoms with E-state index in [0.29, 0.717) is 6.61 Å². The fourth-order valence-corrected chi connectivity index (χ4v) is 1.25. The van der Waals surface area contributed by atoms with Crippen LogP contribution in [0.5, 0.6) is 0 Å². The van der Waals surface area contributed by atoms with E-state index in [0.717, 1.165) is 5.69 Å². The predicted molar refractivity (Wildman–Crippen MR) is 40.4 cm³/mol. The Morgan fingerprint density at radius 2 is 2.67 bits per heavy atom. The van der Waals surface area contributed by atoms with Crippen LogP contribution in [0.1, 0.15) is 11.7 Å². The van der Waals surface area contributed by atoms with Crippen molar-refractivity contribution in [2.45, 2.75) is 6.04 Å². The van der Waals surface area contributed by atoms with Gasteiger partial charge in [0.1, 0.15) is 12.6 Å². The Morgan fingerprint density at radius 1 is 1.83 bits per heavy atom. The fraction of sp³-hybridized carbons (Fsp3) is 0.429. The van der Waals surface area contributed by atoms with Crippen molar-refractivity contribution in [2.75, 3.05) is 6.61 Å². The quantitative estimate of drug-likeness (QED) is 0.650. The highest BCUT2D eigenvalue weighted by Gasteiger charge is 2.25. The number of carbonyl (C=O) groups excluding carboxylic acids is 1. The number of nitrogens with one attached hydrogen (secondary N) is 1. The molecule has 1 fully saturated rings. The third-order valence-corrected chi connectivity index (χ3v) is 1.88. The highest BCUT2D eigenvalue weighted by molar-refractivity contribution is 5.69. The Labute approximate surface area is 69.3 Å². The molecule has 1 unspecified atom stereocenters. The van der Waals surface area contributed by atoms with Crippen molar-refractivity contribution in [3.8, 4) is 0 Å². The largest absolute Gasteiger partial charge is 0.447 e. The van der Waals surface area contributed by atoms with Gasteiger partial charge in [0.25, 0.3) is 0 Å². The Bertz CT molecular complexity index is 307. The Morgan fingerprint density at radius 3 is 3.17 bits per heavy atom. The van der Waals surface area contributed by atoms with Crippen molar-refractivity contribution in [3.63, 3.8) is 0 Å². The summed E-state index contributed by atoms with van der Waals surface area (Å²) in [6.07, 6.45) is 3.06. The molecule has 5 nitrogen and oxygen atoms in total. The van der Waals surface area contributed by atoms with Crippen LogP contribution in [-0.2, 0) is 11.8 Å². The van der Waals surface area contributed by atoms with Crippen molar-refractivity contribution in [3.05, 3.63) is 18.2 Å². The Hall–Kier alpha value is -1.52. The van der Waals surface area contributed by atoms with Crippen LogP contribution < -0.4 is 5.32 Å². The first-order valence-corrected chi connectivity index (χ1v) is 3.67.